The lowest BCUT2D eigenvalue weighted by molar-refractivity contribution is 0.202. The molecule has 4 aromatic rings. The highest BCUT2D eigenvalue weighted by Crippen LogP contribution is 2.28. The second-order valence-electron chi connectivity index (χ2n) is 7.85. The lowest BCUT2D eigenvalue weighted by Crippen LogP contribution is -2.46. The molecule has 1 fully saturated rings. The molecule has 0 bridgehead atoms. The normalized spacial score (nSPS) is 14.9. The number of thioether (sulfide) groups is 1. The second kappa shape index (κ2) is 9.04. The Labute approximate surface area is 186 Å². The number of aromatic hydroxyl groups is 1. The van der Waals surface area contributed by atoms with E-state index < -0.39 is 0 Å². The highest BCUT2D eigenvalue weighted by Gasteiger charge is 2.20. The van der Waals surface area contributed by atoms with Gasteiger partial charge >= 0.3 is 0 Å². The third-order valence-corrected chi connectivity index (χ3v) is 6.81. The van der Waals surface area contributed by atoms with Crippen molar-refractivity contribution in [2.75, 3.05) is 31.1 Å². The van der Waals surface area contributed by atoms with Crippen LogP contribution in [0.25, 0.3) is 11.0 Å². The third kappa shape index (κ3) is 4.55. The van der Waals surface area contributed by atoms with E-state index in [9.17, 15) is 5.11 Å². The Morgan fingerprint density at radius 3 is 2.29 bits per heavy atom. The van der Waals surface area contributed by atoms with Crippen LogP contribution in [0.3, 0.4) is 0 Å². The van der Waals surface area contributed by atoms with Gasteiger partial charge in [0.05, 0.1) is 17.7 Å². The van der Waals surface area contributed by atoms with E-state index in [2.05, 4.69) is 69.0 Å². The van der Waals surface area contributed by atoms with Crippen molar-refractivity contribution >= 4 is 28.5 Å². The van der Waals surface area contributed by atoms with Crippen LogP contribution in [0.1, 0.15) is 5.56 Å². The van der Waals surface area contributed by atoms with Gasteiger partial charge in [0.25, 0.3) is 0 Å². The summed E-state index contributed by atoms with van der Waals surface area (Å²) in [7, 11) is 0. The predicted octanol–water partition coefficient (Wildman–Crippen LogP) is 4.81. The van der Waals surface area contributed by atoms with Crippen molar-refractivity contribution < 1.29 is 5.11 Å². The SMILES string of the molecule is Oc1ccc(N2CCN(Cn3c(SCc4ccccc4)nc4ccccc43)CC2)cc1. The number of anilines is 1. The van der Waals surface area contributed by atoms with Crippen molar-refractivity contribution in [2.24, 2.45) is 0 Å². The van der Waals surface area contributed by atoms with Crippen molar-refractivity contribution in [3.05, 3.63) is 84.4 Å². The van der Waals surface area contributed by atoms with Crippen molar-refractivity contribution in [2.45, 2.75) is 17.6 Å². The zero-order valence-electron chi connectivity index (χ0n) is 17.4. The molecule has 0 aliphatic carbocycles. The first-order valence-corrected chi connectivity index (χ1v) is 11.6. The van der Waals surface area contributed by atoms with Crippen LogP contribution in [0.2, 0.25) is 0 Å². The van der Waals surface area contributed by atoms with Gasteiger partial charge in [0.2, 0.25) is 0 Å². The molecule has 5 rings (SSSR count). The summed E-state index contributed by atoms with van der Waals surface area (Å²) < 4.78 is 2.36. The average Bonchev–Trinajstić information content (AvgIpc) is 3.17. The molecule has 0 saturated carbocycles. The minimum atomic E-state index is 0.315. The number of phenols is 1. The third-order valence-electron chi connectivity index (χ3n) is 5.76. The van der Waals surface area contributed by atoms with E-state index in [1.54, 1.807) is 23.9 Å². The van der Waals surface area contributed by atoms with Gasteiger partial charge in [-0.25, -0.2) is 4.98 Å². The molecule has 0 atom stereocenters. The smallest absolute Gasteiger partial charge is 0.170 e. The van der Waals surface area contributed by atoms with Gasteiger partial charge in [-0.1, -0.05) is 54.2 Å². The lowest BCUT2D eigenvalue weighted by Gasteiger charge is -2.36. The van der Waals surface area contributed by atoms with Crippen molar-refractivity contribution in [1.82, 2.24) is 14.5 Å². The molecule has 1 N–H and O–H groups in total. The summed E-state index contributed by atoms with van der Waals surface area (Å²) in [5, 5.41) is 10.6. The van der Waals surface area contributed by atoms with Crippen LogP contribution in [0.4, 0.5) is 5.69 Å². The first-order chi connectivity index (χ1) is 15.3. The summed E-state index contributed by atoms with van der Waals surface area (Å²) in [6.45, 7) is 4.79. The number of nitrogens with zero attached hydrogens (tertiary/aromatic N) is 4. The largest absolute Gasteiger partial charge is 0.508 e. The van der Waals surface area contributed by atoms with Gasteiger partial charge < -0.3 is 14.6 Å². The number of rotatable bonds is 6. The van der Waals surface area contributed by atoms with Gasteiger partial charge in [-0.3, -0.25) is 4.90 Å². The summed E-state index contributed by atoms with van der Waals surface area (Å²) >= 11 is 1.80. The van der Waals surface area contributed by atoms with Gasteiger partial charge in [-0.05, 0) is 42.0 Å². The first kappa shape index (κ1) is 20.0. The molecule has 1 aromatic heterocycles. The number of benzene rings is 3. The number of fused-ring (bicyclic) bond motifs is 1. The summed E-state index contributed by atoms with van der Waals surface area (Å²) in [5.74, 6) is 1.23. The fraction of sp³-hybridized carbons (Fsp3) is 0.240. The van der Waals surface area contributed by atoms with E-state index in [1.165, 1.54) is 16.8 Å². The van der Waals surface area contributed by atoms with Gasteiger partial charge in [0, 0.05) is 37.6 Å². The van der Waals surface area contributed by atoms with Crippen LogP contribution in [0, 0.1) is 0 Å². The topological polar surface area (TPSA) is 44.5 Å². The number of para-hydroxylation sites is 2. The van der Waals surface area contributed by atoms with E-state index in [-0.39, 0.29) is 0 Å². The maximum Gasteiger partial charge on any atom is 0.170 e. The highest BCUT2D eigenvalue weighted by molar-refractivity contribution is 7.98. The number of phenolic OH excluding ortho intramolecular Hbond substituents is 1. The number of hydrogen-bond acceptors (Lipinski definition) is 5. The molecule has 1 saturated heterocycles. The van der Waals surface area contributed by atoms with E-state index in [4.69, 9.17) is 4.98 Å². The molecule has 3 aromatic carbocycles. The number of hydrogen-bond donors (Lipinski definition) is 1. The predicted molar refractivity (Wildman–Crippen MR) is 128 cm³/mol. The maximum atomic E-state index is 9.53. The standard InChI is InChI=1S/C25H26N4OS/c30-22-12-10-21(11-13-22)28-16-14-27(15-17-28)19-29-24-9-5-4-8-23(24)26-25(29)31-18-20-6-2-1-3-7-20/h1-13,30H,14-19H2. The van der Waals surface area contributed by atoms with Gasteiger partial charge in [-0.2, -0.15) is 0 Å². The zero-order chi connectivity index (χ0) is 21.0. The Morgan fingerprint density at radius 2 is 1.52 bits per heavy atom. The monoisotopic (exact) mass is 430 g/mol. The fourth-order valence-corrected chi connectivity index (χ4v) is 5.00. The summed E-state index contributed by atoms with van der Waals surface area (Å²) in [6.07, 6.45) is 0. The van der Waals surface area contributed by atoms with E-state index >= 15 is 0 Å². The van der Waals surface area contributed by atoms with E-state index in [0.29, 0.717) is 5.75 Å². The number of piperazine rings is 1. The fourth-order valence-electron chi connectivity index (χ4n) is 4.03. The summed E-state index contributed by atoms with van der Waals surface area (Å²) in [4.78, 5) is 9.81. The van der Waals surface area contributed by atoms with Gasteiger partial charge in [-0.15, -0.1) is 0 Å². The molecule has 5 nitrogen and oxygen atoms in total. The minimum absolute atomic E-state index is 0.315. The molecule has 0 unspecified atom stereocenters. The summed E-state index contributed by atoms with van der Waals surface area (Å²) in [5.41, 5.74) is 4.73. The molecule has 6 heteroatoms. The molecule has 2 heterocycles. The Hall–Kier alpha value is -2.96. The van der Waals surface area contributed by atoms with Crippen LogP contribution < -0.4 is 4.90 Å². The first-order valence-electron chi connectivity index (χ1n) is 10.6. The Kier molecular flexibility index (Phi) is 5.82. The molecule has 1 aliphatic rings. The molecule has 0 radical (unpaired) electrons. The Balaban J connectivity index is 1.30. The van der Waals surface area contributed by atoms with Crippen LogP contribution in [-0.4, -0.2) is 45.7 Å². The average molecular weight is 431 g/mol. The van der Waals surface area contributed by atoms with E-state index in [0.717, 1.165) is 49.3 Å². The number of imidazole rings is 1. The van der Waals surface area contributed by atoms with Gasteiger partial charge in [0.1, 0.15) is 5.75 Å². The van der Waals surface area contributed by atoms with Crippen LogP contribution in [0.15, 0.2) is 84.0 Å². The maximum absolute atomic E-state index is 9.53. The molecule has 158 valence electrons. The Morgan fingerprint density at radius 1 is 0.806 bits per heavy atom. The van der Waals surface area contributed by atoms with Crippen LogP contribution >= 0.6 is 11.8 Å². The van der Waals surface area contributed by atoms with Crippen LogP contribution in [0.5, 0.6) is 5.75 Å². The molecule has 0 spiro atoms. The molecule has 0 amide bonds. The Bertz CT molecular complexity index is 1140. The van der Waals surface area contributed by atoms with Crippen molar-refractivity contribution in [3.63, 3.8) is 0 Å². The second-order valence-corrected chi connectivity index (χ2v) is 8.79. The highest BCUT2D eigenvalue weighted by atomic mass is 32.2. The van der Waals surface area contributed by atoms with Gasteiger partial charge in [0.15, 0.2) is 5.16 Å². The molecular weight excluding hydrogens is 404 g/mol. The van der Waals surface area contributed by atoms with E-state index in [1.807, 2.05) is 12.1 Å². The van der Waals surface area contributed by atoms with Crippen molar-refractivity contribution in [1.29, 1.82) is 0 Å². The quantitative estimate of drug-likeness (QED) is 0.445. The number of aromatic nitrogens is 2. The lowest BCUT2D eigenvalue weighted by atomic mass is 10.2. The van der Waals surface area contributed by atoms with Crippen molar-refractivity contribution in [3.8, 4) is 5.75 Å². The molecule has 31 heavy (non-hydrogen) atoms. The molecular formula is C25H26N4OS. The molecule has 1 aliphatic heterocycles. The zero-order valence-corrected chi connectivity index (χ0v) is 18.2. The van der Waals surface area contributed by atoms with Crippen LogP contribution in [-0.2, 0) is 12.4 Å². The minimum Gasteiger partial charge on any atom is -0.508 e. The summed E-state index contributed by atoms with van der Waals surface area (Å²) in [6, 6.07) is 26.5.